The van der Waals surface area contributed by atoms with Crippen molar-refractivity contribution in [1.82, 2.24) is 9.73 Å². The van der Waals surface area contributed by atoms with Crippen molar-refractivity contribution in [2.45, 2.75) is 18.4 Å². The zero-order chi connectivity index (χ0) is 23.8. The van der Waals surface area contributed by atoms with Crippen LogP contribution < -0.4 is 10.2 Å². The number of aryl methyl sites for hydroxylation is 1. The van der Waals surface area contributed by atoms with E-state index in [1.54, 1.807) is 61.5 Å². The van der Waals surface area contributed by atoms with Gasteiger partial charge in [-0.05, 0) is 42.3 Å². The van der Waals surface area contributed by atoms with Crippen LogP contribution in [0.5, 0.6) is 11.5 Å². The zero-order valence-corrected chi connectivity index (χ0v) is 19.1. The quantitative estimate of drug-likeness (QED) is 0.371. The number of amides is 1. The third-order valence-electron chi connectivity index (χ3n) is 4.79. The predicted octanol–water partition coefficient (Wildman–Crippen LogP) is 3.05. The van der Waals surface area contributed by atoms with Gasteiger partial charge in [-0.3, -0.25) is 4.79 Å². The highest BCUT2D eigenvalue weighted by Crippen LogP contribution is 2.28. The molecule has 0 aliphatic carbocycles. The molecule has 0 saturated carbocycles. The maximum Gasteiger partial charge on any atom is 0.255 e. The minimum Gasteiger partial charge on any atom is -0.507 e. The summed E-state index contributed by atoms with van der Waals surface area (Å²) in [4.78, 5) is 12.6. The number of carbonyl (C=O) groups is 1. The molecule has 0 saturated heterocycles. The number of aromatic hydroxyl groups is 1. The summed E-state index contributed by atoms with van der Waals surface area (Å²) in [6.45, 7) is 1.30. The highest BCUT2D eigenvalue weighted by Gasteiger charge is 2.30. The fourth-order valence-corrected chi connectivity index (χ4v) is 4.73. The maximum atomic E-state index is 13.5. The maximum absolute atomic E-state index is 13.5. The van der Waals surface area contributed by atoms with E-state index in [4.69, 9.17) is 4.74 Å². The molecule has 3 aromatic rings. The van der Waals surface area contributed by atoms with Crippen LogP contribution in [0.4, 0.5) is 0 Å². The second-order valence-electron chi connectivity index (χ2n) is 7.27. The first-order valence-electron chi connectivity index (χ1n) is 10.1. The Labute approximate surface area is 193 Å². The van der Waals surface area contributed by atoms with E-state index in [-0.39, 0.29) is 22.9 Å². The molecule has 172 valence electrons. The number of phenolic OH excluding ortho intramolecular Hbond substituents is 1. The van der Waals surface area contributed by atoms with E-state index in [2.05, 4.69) is 10.5 Å². The number of sulfonamides is 1. The first-order valence-corrected chi connectivity index (χ1v) is 11.5. The number of benzene rings is 3. The van der Waals surface area contributed by atoms with Gasteiger partial charge in [0.05, 0.1) is 19.9 Å². The Bertz CT molecular complexity index is 1240. The number of ether oxygens (including phenoxy) is 1. The molecule has 0 fully saturated rings. The fraction of sp³-hybridized carbons (Fsp3) is 0.167. The van der Waals surface area contributed by atoms with Crippen LogP contribution in [0.25, 0.3) is 0 Å². The van der Waals surface area contributed by atoms with Gasteiger partial charge in [0.1, 0.15) is 16.4 Å². The molecule has 1 amide bonds. The summed E-state index contributed by atoms with van der Waals surface area (Å²) in [5.74, 6) is -0.431. The molecule has 9 heteroatoms. The van der Waals surface area contributed by atoms with Gasteiger partial charge in [-0.1, -0.05) is 48.5 Å². The number of rotatable bonds is 9. The number of para-hydroxylation sites is 1. The lowest BCUT2D eigenvalue weighted by molar-refractivity contribution is -0.121. The summed E-state index contributed by atoms with van der Waals surface area (Å²) in [6, 6.07) is 20.3. The number of hydrogen-bond acceptors (Lipinski definition) is 6. The van der Waals surface area contributed by atoms with Crippen LogP contribution in [0.2, 0.25) is 0 Å². The molecular weight excluding hydrogens is 442 g/mol. The number of hydrogen-bond donors (Lipinski definition) is 2. The normalized spacial score (nSPS) is 11.6. The van der Waals surface area contributed by atoms with Crippen molar-refractivity contribution < 1.29 is 23.1 Å². The first-order chi connectivity index (χ1) is 15.8. The van der Waals surface area contributed by atoms with E-state index in [0.717, 1.165) is 15.4 Å². The molecule has 0 atom stereocenters. The second kappa shape index (κ2) is 10.8. The van der Waals surface area contributed by atoms with Gasteiger partial charge in [-0.15, -0.1) is 0 Å². The lowest BCUT2D eigenvalue weighted by Crippen LogP contribution is -2.39. The van der Waals surface area contributed by atoms with Crippen molar-refractivity contribution in [3.63, 3.8) is 0 Å². The van der Waals surface area contributed by atoms with Crippen LogP contribution in [-0.2, 0) is 21.4 Å². The van der Waals surface area contributed by atoms with Gasteiger partial charge in [0.25, 0.3) is 5.91 Å². The minimum absolute atomic E-state index is 0.00956. The number of phenols is 1. The molecule has 0 spiro atoms. The predicted molar refractivity (Wildman–Crippen MR) is 126 cm³/mol. The van der Waals surface area contributed by atoms with E-state index in [9.17, 15) is 18.3 Å². The standard InChI is InChI=1S/C24H25N3O5S/c1-18-12-13-22(32-2)23(14-18)33(30,31)27(16-19-8-4-3-5-9-19)17-24(29)26-25-15-20-10-6-7-11-21(20)28/h3-15,28H,16-17H2,1-2H3,(H,26,29). The monoisotopic (exact) mass is 467 g/mol. The van der Waals surface area contributed by atoms with Gasteiger partial charge in [-0.25, -0.2) is 13.8 Å². The van der Waals surface area contributed by atoms with Crippen molar-refractivity contribution in [3.05, 3.63) is 89.5 Å². The summed E-state index contributed by atoms with van der Waals surface area (Å²) in [5.41, 5.74) is 4.20. The minimum atomic E-state index is -4.09. The first kappa shape index (κ1) is 24.0. The van der Waals surface area contributed by atoms with Gasteiger partial charge >= 0.3 is 0 Å². The van der Waals surface area contributed by atoms with Crippen molar-refractivity contribution in [1.29, 1.82) is 0 Å². The molecule has 2 N–H and O–H groups in total. The van der Waals surface area contributed by atoms with E-state index in [1.807, 2.05) is 6.07 Å². The summed E-state index contributed by atoms with van der Waals surface area (Å²) in [7, 11) is -2.69. The summed E-state index contributed by atoms with van der Waals surface area (Å²) >= 11 is 0. The molecule has 8 nitrogen and oxygen atoms in total. The molecule has 0 unspecified atom stereocenters. The topological polar surface area (TPSA) is 108 Å². The van der Waals surface area contributed by atoms with E-state index in [0.29, 0.717) is 5.56 Å². The highest BCUT2D eigenvalue weighted by atomic mass is 32.2. The van der Waals surface area contributed by atoms with Crippen LogP contribution in [0.1, 0.15) is 16.7 Å². The second-order valence-corrected chi connectivity index (χ2v) is 9.17. The third-order valence-corrected chi connectivity index (χ3v) is 6.60. The van der Waals surface area contributed by atoms with Crippen molar-refractivity contribution in [2.75, 3.05) is 13.7 Å². The lowest BCUT2D eigenvalue weighted by Gasteiger charge is -2.23. The van der Waals surface area contributed by atoms with E-state index < -0.39 is 22.5 Å². The average Bonchev–Trinajstić information content (AvgIpc) is 2.80. The SMILES string of the molecule is COc1ccc(C)cc1S(=O)(=O)N(CC(=O)NN=Cc1ccccc1O)Cc1ccccc1. The Morgan fingerprint density at radius 2 is 1.79 bits per heavy atom. The van der Waals surface area contributed by atoms with E-state index >= 15 is 0 Å². The summed E-state index contributed by atoms with van der Waals surface area (Å²) in [6.07, 6.45) is 1.28. The molecule has 3 aromatic carbocycles. The molecule has 0 bridgehead atoms. The Morgan fingerprint density at radius 3 is 2.48 bits per heavy atom. The Morgan fingerprint density at radius 1 is 1.09 bits per heavy atom. The van der Waals surface area contributed by atoms with Gasteiger partial charge in [-0.2, -0.15) is 9.41 Å². The van der Waals surface area contributed by atoms with Crippen LogP contribution in [0.3, 0.4) is 0 Å². The lowest BCUT2D eigenvalue weighted by atomic mass is 10.2. The Hall–Kier alpha value is -3.69. The van der Waals surface area contributed by atoms with Crippen molar-refractivity contribution >= 4 is 22.1 Å². The van der Waals surface area contributed by atoms with Crippen LogP contribution in [0.15, 0.2) is 82.8 Å². The molecule has 33 heavy (non-hydrogen) atoms. The van der Waals surface area contributed by atoms with Crippen LogP contribution >= 0.6 is 0 Å². The van der Waals surface area contributed by atoms with Crippen molar-refractivity contribution in [2.24, 2.45) is 5.10 Å². The number of nitrogens with one attached hydrogen (secondary N) is 1. The highest BCUT2D eigenvalue weighted by molar-refractivity contribution is 7.89. The van der Waals surface area contributed by atoms with Gasteiger partial charge in [0.15, 0.2) is 0 Å². The van der Waals surface area contributed by atoms with Crippen LogP contribution in [0, 0.1) is 6.92 Å². The van der Waals surface area contributed by atoms with Crippen molar-refractivity contribution in [3.8, 4) is 11.5 Å². The molecule has 0 aromatic heterocycles. The largest absolute Gasteiger partial charge is 0.507 e. The Balaban J connectivity index is 1.86. The van der Waals surface area contributed by atoms with Gasteiger partial charge in [0, 0.05) is 12.1 Å². The molecule has 0 heterocycles. The number of carbonyl (C=O) groups excluding carboxylic acids is 1. The smallest absolute Gasteiger partial charge is 0.255 e. The fourth-order valence-electron chi connectivity index (χ4n) is 3.10. The number of hydrazone groups is 1. The number of nitrogens with zero attached hydrogens (tertiary/aromatic N) is 2. The zero-order valence-electron chi connectivity index (χ0n) is 18.3. The molecule has 0 aliphatic heterocycles. The third kappa shape index (κ3) is 6.18. The summed E-state index contributed by atoms with van der Waals surface area (Å²) < 4.78 is 33.4. The number of methoxy groups -OCH3 is 1. The van der Waals surface area contributed by atoms with E-state index in [1.165, 1.54) is 25.5 Å². The molecule has 0 aliphatic rings. The molecule has 3 rings (SSSR count). The molecule has 0 radical (unpaired) electrons. The van der Waals surface area contributed by atoms with Crippen LogP contribution in [-0.4, -0.2) is 43.6 Å². The van der Waals surface area contributed by atoms with Gasteiger partial charge in [0.2, 0.25) is 10.0 Å². The average molecular weight is 468 g/mol. The van der Waals surface area contributed by atoms with Gasteiger partial charge < -0.3 is 9.84 Å². The molecular formula is C24H25N3O5S. The Kier molecular flexibility index (Phi) is 7.81. The summed E-state index contributed by atoms with van der Waals surface area (Å²) in [5, 5.41) is 13.6.